The molecule has 0 aliphatic carbocycles. The van der Waals surface area contributed by atoms with Crippen LogP contribution in [0.1, 0.15) is 24.3 Å². The summed E-state index contributed by atoms with van der Waals surface area (Å²) in [5.74, 6) is -0.443. The van der Waals surface area contributed by atoms with Crippen LogP contribution < -0.4 is 5.32 Å². The van der Waals surface area contributed by atoms with Gasteiger partial charge in [0.15, 0.2) is 0 Å². The van der Waals surface area contributed by atoms with Gasteiger partial charge in [0, 0.05) is 42.8 Å². The Balaban J connectivity index is 1.48. The van der Waals surface area contributed by atoms with E-state index in [-0.39, 0.29) is 36.2 Å². The summed E-state index contributed by atoms with van der Waals surface area (Å²) in [5, 5.41) is 4.36. The van der Waals surface area contributed by atoms with Crippen LogP contribution in [0.25, 0.3) is 6.08 Å². The molecule has 1 fully saturated rings. The molecule has 7 nitrogen and oxygen atoms in total. The summed E-state index contributed by atoms with van der Waals surface area (Å²) in [6, 6.07) is 3.77. The first kappa shape index (κ1) is 18.4. The summed E-state index contributed by atoms with van der Waals surface area (Å²) < 4.78 is 1.85. The molecular weight excluding hydrogens is 372 g/mol. The van der Waals surface area contributed by atoms with Crippen molar-refractivity contribution in [2.45, 2.75) is 19.4 Å². The normalized spacial score (nSPS) is 17.1. The van der Waals surface area contributed by atoms with E-state index in [1.54, 1.807) is 24.8 Å². The first-order valence-corrected chi connectivity index (χ1v) is 9.77. The predicted octanol–water partition coefficient (Wildman–Crippen LogP) is 2.75. The lowest BCUT2D eigenvalue weighted by atomic mass is 10.2. The molecule has 136 valence electrons. The summed E-state index contributed by atoms with van der Waals surface area (Å²) in [6.07, 6.45) is 7.16. The van der Waals surface area contributed by atoms with Crippen molar-refractivity contribution in [1.82, 2.24) is 19.8 Å². The number of imide groups is 1. The molecule has 9 heteroatoms. The number of thioether (sulfide) groups is 1. The van der Waals surface area contributed by atoms with Crippen molar-refractivity contribution in [3.8, 4) is 0 Å². The van der Waals surface area contributed by atoms with Gasteiger partial charge in [-0.05, 0) is 36.2 Å². The lowest BCUT2D eigenvalue weighted by Gasteiger charge is -2.15. The molecule has 2 aromatic heterocycles. The molecule has 0 bridgehead atoms. The highest BCUT2D eigenvalue weighted by atomic mass is 32.2. The quantitative estimate of drug-likeness (QED) is 0.735. The van der Waals surface area contributed by atoms with Gasteiger partial charge in [-0.15, -0.1) is 11.3 Å². The number of thiophene rings is 1. The van der Waals surface area contributed by atoms with E-state index < -0.39 is 0 Å². The van der Waals surface area contributed by atoms with E-state index in [0.29, 0.717) is 11.3 Å². The average molecular weight is 390 g/mol. The Bertz CT molecular complexity index is 815. The Kier molecular flexibility index (Phi) is 5.89. The Morgan fingerprint density at radius 3 is 2.96 bits per heavy atom. The molecule has 2 aromatic rings. The number of carbonyl (C=O) groups is 3. The summed E-state index contributed by atoms with van der Waals surface area (Å²) >= 11 is 2.44. The number of rotatable bonds is 7. The van der Waals surface area contributed by atoms with Crippen molar-refractivity contribution in [2.24, 2.45) is 0 Å². The van der Waals surface area contributed by atoms with Crippen molar-refractivity contribution in [1.29, 1.82) is 0 Å². The number of hydrogen-bond acceptors (Lipinski definition) is 6. The van der Waals surface area contributed by atoms with Gasteiger partial charge in [-0.3, -0.25) is 19.3 Å². The molecule has 26 heavy (non-hydrogen) atoms. The van der Waals surface area contributed by atoms with Crippen molar-refractivity contribution in [3.63, 3.8) is 0 Å². The molecule has 0 radical (unpaired) electrons. The standard InChI is InChI=1S/C17H18N4O3S2/c1-12(20-6-4-18-11-20)9-15(22)19-5-7-21-16(23)14(26-17(21)24)10-13-3-2-8-25-13/h2-4,6,8,10-12H,5,7,9H2,1H3,(H,19,22). The van der Waals surface area contributed by atoms with Crippen LogP contribution in [-0.4, -0.2) is 44.6 Å². The van der Waals surface area contributed by atoms with Crippen molar-refractivity contribution < 1.29 is 14.4 Å². The molecule has 3 amide bonds. The fourth-order valence-corrected chi connectivity index (χ4v) is 4.07. The molecule has 1 unspecified atom stereocenters. The Morgan fingerprint density at radius 1 is 1.42 bits per heavy atom. The number of hydrogen-bond donors (Lipinski definition) is 1. The zero-order chi connectivity index (χ0) is 18.5. The highest BCUT2D eigenvalue weighted by molar-refractivity contribution is 8.18. The third-order valence-corrected chi connectivity index (χ3v) is 5.59. The number of nitrogens with one attached hydrogen (secondary N) is 1. The van der Waals surface area contributed by atoms with E-state index in [1.807, 2.05) is 29.0 Å². The highest BCUT2D eigenvalue weighted by Crippen LogP contribution is 2.32. The fraction of sp³-hybridized carbons (Fsp3) is 0.294. The minimum atomic E-state index is -0.311. The highest BCUT2D eigenvalue weighted by Gasteiger charge is 2.34. The van der Waals surface area contributed by atoms with Gasteiger partial charge in [0.2, 0.25) is 5.91 Å². The Hall–Kier alpha value is -2.39. The monoisotopic (exact) mass is 390 g/mol. The molecule has 1 N–H and O–H groups in total. The van der Waals surface area contributed by atoms with Gasteiger partial charge < -0.3 is 9.88 Å². The fourth-order valence-electron chi connectivity index (χ4n) is 2.48. The van der Waals surface area contributed by atoms with E-state index in [1.165, 1.54) is 16.2 Å². The first-order chi connectivity index (χ1) is 12.5. The van der Waals surface area contributed by atoms with Gasteiger partial charge in [0.1, 0.15) is 0 Å². The minimum absolute atomic E-state index is 0.0107. The zero-order valence-electron chi connectivity index (χ0n) is 14.1. The Labute approximate surface area is 159 Å². The molecule has 0 spiro atoms. The minimum Gasteiger partial charge on any atom is -0.354 e. The molecule has 1 aliphatic rings. The second kappa shape index (κ2) is 8.33. The lowest BCUT2D eigenvalue weighted by molar-refractivity contribution is -0.124. The number of amides is 3. The maximum Gasteiger partial charge on any atom is 0.293 e. The first-order valence-electron chi connectivity index (χ1n) is 8.07. The largest absolute Gasteiger partial charge is 0.354 e. The maximum absolute atomic E-state index is 12.3. The van der Waals surface area contributed by atoms with Crippen LogP contribution in [0.5, 0.6) is 0 Å². The third-order valence-electron chi connectivity index (χ3n) is 3.86. The Morgan fingerprint density at radius 2 is 2.27 bits per heavy atom. The van der Waals surface area contributed by atoms with Crippen LogP contribution in [0.15, 0.2) is 41.1 Å². The van der Waals surface area contributed by atoms with E-state index in [2.05, 4.69) is 10.3 Å². The van der Waals surface area contributed by atoms with E-state index in [9.17, 15) is 14.4 Å². The number of imidazole rings is 1. The van der Waals surface area contributed by atoms with Gasteiger partial charge >= 0.3 is 0 Å². The molecule has 0 saturated carbocycles. The molecule has 1 aliphatic heterocycles. The van der Waals surface area contributed by atoms with E-state index >= 15 is 0 Å². The van der Waals surface area contributed by atoms with Crippen LogP contribution in [0, 0.1) is 0 Å². The molecule has 3 heterocycles. The third kappa shape index (κ3) is 4.41. The van der Waals surface area contributed by atoms with Crippen LogP contribution >= 0.6 is 23.1 Å². The van der Waals surface area contributed by atoms with Gasteiger partial charge in [0.05, 0.1) is 11.2 Å². The van der Waals surface area contributed by atoms with E-state index in [0.717, 1.165) is 16.6 Å². The molecule has 0 aromatic carbocycles. The van der Waals surface area contributed by atoms with Gasteiger partial charge in [0.25, 0.3) is 11.1 Å². The summed E-state index contributed by atoms with van der Waals surface area (Å²) in [6.45, 7) is 2.32. The van der Waals surface area contributed by atoms with Crippen LogP contribution in [0.3, 0.4) is 0 Å². The zero-order valence-corrected chi connectivity index (χ0v) is 15.8. The maximum atomic E-state index is 12.3. The molecular formula is C17H18N4O3S2. The lowest BCUT2D eigenvalue weighted by Crippen LogP contribution is -2.37. The average Bonchev–Trinajstić information content (AvgIpc) is 3.34. The van der Waals surface area contributed by atoms with Gasteiger partial charge in [-0.2, -0.15) is 0 Å². The topological polar surface area (TPSA) is 84.3 Å². The summed E-state index contributed by atoms with van der Waals surface area (Å²) in [5.41, 5.74) is 0. The van der Waals surface area contributed by atoms with Crippen molar-refractivity contribution in [2.75, 3.05) is 13.1 Å². The molecule has 1 atom stereocenters. The van der Waals surface area contributed by atoms with Crippen molar-refractivity contribution >= 4 is 46.2 Å². The summed E-state index contributed by atoms with van der Waals surface area (Å²) in [7, 11) is 0. The van der Waals surface area contributed by atoms with Crippen LogP contribution in [0.2, 0.25) is 0 Å². The van der Waals surface area contributed by atoms with Crippen molar-refractivity contribution in [3.05, 3.63) is 46.0 Å². The molecule has 1 saturated heterocycles. The smallest absolute Gasteiger partial charge is 0.293 e. The number of nitrogens with zero attached hydrogens (tertiary/aromatic N) is 3. The van der Waals surface area contributed by atoms with E-state index in [4.69, 9.17) is 0 Å². The second-order valence-electron chi connectivity index (χ2n) is 5.76. The SMILES string of the molecule is CC(CC(=O)NCCN1C(=O)SC(=Cc2cccs2)C1=O)n1ccnc1. The van der Waals surface area contributed by atoms with Gasteiger partial charge in [-0.1, -0.05) is 6.07 Å². The molecule has 3 rings (SSSR count). The van der Waals surface area contributed by atoms with Crippen LogP contribution in [-0.2, 0) is 9.59 Å². The van der Waals surface area contributed by atoms with Gasteiger partial charge in [-0.25, -0.2) is 4.98 Å². The predicted molar refractivity (Wildman–Crippen MR) is 102 cm³/mol. The van der Waals surface area contributed by atoms with Crippen LogP contribution in [0.4, 0.5) is 4.79 Å². The second-order valence-corrected chi connectivity index (χ2v) is 7.73. The summed E-state index contributed by atoms with van der Waals surface area (Å²) in [4.78, 5) is 42.9. The number of aromatic nitrogens is 2. The number of carbonyl (C=O) groups excluding carboxylic acids is 3.